The Kier molecular flexibility index (Phi) is 4.06. The molecule has 0 atom stereocenters. The molecular weight excluding hydrogens is 222 g/mol. The maximum absolute atomic E-state index is 11.8. The van der Waals surface area contributed by atoms with Gasteiger partial charge in [0.05, 0.1) is 10.5 Å². The van der Waals surface area contributed by atoms with Crippen molar-refractivity contribution in [3.05, 3.63) is 0 Å². The molecule has 0 heterocycles. The van der Waals surface area contributed by atoms with E-state index >= 15 is 0 Å². The van der Waals surface area contributed by atoms with Crippen LogP contribution in [0, 0.1) is 5.41 Å². The standard InChI is InChI=1S/C12H25NO2S/c1-11(2,3)16(14,15)9-8-13-10-12(4)6-5-7-12/h13H,5-10H2,1-4H3. The highest BCUT2D eigenvalue weighted by Gasteiger charge is 2.32. The minimum Gasteiger partial charge on any atom is -0.315 e. The molecule has 0 amide bonds. The zero-order valence-corrected chi connectivity index (χ0v) is 11.8. The van der Waals surface area contributed by atoms with Crippen LogP contribution >= 0.6 is 0 Å². The fourth-order valence-electron chi connectivity index (χ4n) is 1.86. The fraction of sp³-hybridized carbons (Fsp3) is 1.00. The Hall–Kier alpha value is -0.0900. The Morgan fingerprint density at radius 2 is 1.81 bits per heavy atom. The van der Waals surface area contributed by atoms with Crippen LogP contribution in [0.1, 0.15) is 47.0 Å². The quantitative estimate of drug-likeness (QED) is 0.756. The third kappa shape index (κ3) is 3.45. The van der Waals surface area contributed by atoms with Crippen LogP contribution in [0.25, 0.3) is 0 Å². The third-order valence-corrected chi connectivity index (χ3v) is 6.20. The van der Waals surface area contributed by atoms with Crippen LogP contribution in [0.3, 0.4) is 0 Å². The van der Waals surface area contributed by atoms with E-state index in [9.17, 15) is 8.42 Å². The van der Waals surface area contributed by atoms with E-state index in [2.05, 4.69) is 12.2 Å². The number of nitrogens with one attached hydrogen (secondary N) is 1. The summed E-state index contributed by atoms with van der Waals surface area (Å²) in [6.45, 7) is 9.07. The Labute approximate surface area is 99.9 Å². The molecule has 1 aliphatic rings. The van der Waals surface area contributed by atoms with Gasteiger partial charge < -0.3 is 5.32 Å². The van der Waals surface area contributed by atoms with Crippen LogP contribution in [0.5, 0.6) is 0 Å². The van der Waals surface area contributed by atoms with Gasteiger partial charge in [-0.2, -0.15) is 0 Å². The first-order valence-electron chi connectivity index (χ1n) is 6.09. The maximum atomic E-state index is 11.8. The zero-order valence-electron chi connectivity index (χ0n) is 11.0. The zero-order chi connectivity index (χ0) is 12.4. The molecule has 0 saturated heterocycles. The van der Waals surface area contributed by atoms with E-state index in [-0.39, 0.29) is 5.75 Å². The van der Waals surface area contributed by atoms with Gasteiger partial charge in [0.1, 0.15) is 0 Å². The third-order valence-electron chi connectivity index (χ3n) is 3.59. The number of hydrogen-bond acceptors (Lipinski definition) is 3. The van der Waals surface area contributed by atoms with Crippen molar-refractivity contribution in [2.45, 2.75) is 51.7 Å². The molecule has 1 fully saturated rings. The van der Waals surface area contributed by atoms with Gasteiger partial charge in [0.15, 0.2) is 9.84 Å². The molecule has 0 aromatic heterocycles. The Morgan fingerprint density at radius 3 is 2.19 bits per heavy atom. The summed E-state index contributed by atoms with van der Waals surface area (Å²) in [6, 6.07) is 0. The van der Waals surface area contributed by atoms with Gasteiger partial charge in [-0.3, -0.25) is 0 Å². The van der Waals surface area contributed by atoms with Gasteiger partial charge in [0, 0.05) is 13.1 Å². The molecule has 0 aromatic rings. The van der Waals surface area contributed by atoms with Crippen molar-refractivity contribution in [3.63, 3.8) is 0 Å². The maximum Gasteiger partial charge on any atom is 0.156 e. The molecule has 3 nitrogen and oxygen atoms in total. The summed E-state index contributed by atoms with van der Waals surface area (Å²) in [5.74, 6) is 0.243. The summed E-state index contributed by atoms with van der Waals surface area (Å²) in [5, 5.41) is 3.28. The number of hydrogen-bond donors (Lipinski definition) is 1. The molecule has 1 N–H and O–H groups in total. The van der Waals surface area contributed by atoms with E-state index in [1.54, 1.807) is 20.8 Å². The minimum absolute atomic E-state index is 0.243. The van der Waals surface area contributed by atoms with Crippen LogP contribution in [0.15, 0.2) is 0 Å². The molecule has 0 spiro atoms. The topological polar surface area (TPSA) is 46.2 Å². The summed E-state index contributed by atoms with van der Waals surface area (Å²) in [4.78, 5) is 0. The lowest BCUT2D eigenvalue weighted by Gasteiger charge is -2.38. The molecule has 0 aromatic carbocycles. The highest BCUT2D eigenvalue weighted by atomic mass is 32.2. The van der Waals surface area contributed by atoms with E-state index in [0.717, 1.165) is 6.54 Å². The van der Waals surface area contributed by atoms with Crippen molar-refractivity contribution in [1.82, 2.24) is 5.32 Å². The number of sulfone groups is 1. The average molecular weight is 247 g/mol. The van der Waals surface area contributed by atoms with E-state index in [0.29, 0.717) is 12.0 Å². The van der Waals surface area contributed by atoms with Crippen molar-refractivity contribution in [2.75, 3.05) is 18.8 Å². The van der Waals surface area contributed by atoms with Gasteiger partial charge in [-0.05, 0) is 39.0 Å². The predicted molar refractivity (Wildman–Crippen MR) is 68.4 cm³/mol. The summed E-state index contributed by atoms with van der Waals surface area (Å²) < 4.78 is 23.0. The molecule has 0 radical (unpaired) electrons. The second-order valence-electron chi connectivity index (χ2n) is 6.27. The molecule has 0 bridgehead atoms. The molecule has 1 aliphatic carbocycles. The summed E-state index contributed by atoms with van der Waals surface area (Å²) >= 11 is 0. The van der Waals surface area contributed by atoms with Gasteiger partial charge in [-0.1, -0.05) is 13.3 Å². The molecule has 16 heavy (non-hydrogen) atoms. The largest absolute Gasteiger partial charge is 0.315 e. The normalized spacial score (nSPS) is 20.5. The van der Waals surface area contributed by atoms with E-state index < -0.39 is 14.6 Å². The van der Waals surface area contributed by atoms with Gasteiger partial charge in [0.25, 0.3) is 0 Å². The first-order chi connectivity index (χ1) is 7.16. The molecule has 1 saturated carbocycles. The second-order valence-corrected chi connectivity index (χ2v) is 9.13. The molecule has 1 rings (SSSR count). The first-order valence-corrected chi connectivity index (χ1v) is 7.75. The summed E-state index contributed by atoms with van der Waals surface area (Å²) in [6.07, 6.45) is 3.86. The Balaban J connectivity index is 2.26. The van der Waals surface area contributed by atoms with Crippen molar-refractivity contribution < 1.29 is 8.42 Å². The summed E-state index contributed by atoms with van der Waals surface area (Å²) in [5.41, 5.74) is 0.422. The molecule has 0 unspecified atom stereocenters. The van der Waals surface area contributed by atoms with Crippen molar-refractivity contribution in [3.8, 4) is 0 Å². The van der Waals surface area contributed by atoms with Crippen LogP contribution in [0.4, 0.5) is 0 Å². The van der Waals surface area contributed by atoms with Crippen molar-refractivity contribution in [2.24, 2.45) is 5.41 Å². The van der Waals surface area contributed by atoms with Gasteiger partial charge in [0.2, 0.25) is 0 Å². The lowest BCUT2D eigenvalue weighted by atomic mass is 9.70. The summed E-state index contributed by atoms with van der Waals surface area (Å²) in [7, 11) is -2.97. The van der Waals surface area contributed by atoms with Crippen molar-refractivity contribution in [1.29, 1.82) is 0 Å². The lowest BCUT2D eigenvalue weighted by molar-refractivity contribution is 0.158. The molecule has 4 heteroatoms. The SMILES string of the molecule is CC1(CNCCS(=O)(=O)C(C)(C)C)CCC1. The highest BCUT2D eigenvalue weighted by Crippen LogP contribution is 2.39. The monoisotopic (exact) mass is 247 g/mol. The van der Waals surface area contributed by atoms with Crippen molar-refractivity contribution >= 4 is 9.84 Å². The van der Waals surface area contributed by atoms with Gasteiger partial charge in [-0.15, -0.1) is 0 Å². The van der Waals surface area contributed by atoms with Crippen LogP contribution in [-0.2, 0) is 9.84 Å². The van der Waals surface area contributed by atoms with Crippen LogP contribution in [0.2, 0.25) is 0 Å². The lowest BCUT2D eigenvalue weighted by Crippen LogP contribution is -2.40. The van der Waals surface area contributed by atoms with E-state index in [1.807, 2.05) is 0 Å². The molecule has 96 valence electrons. The number of rotatable bonds is 5. The average Bonchev–Trinajstić information content (AvgIpc) is 2.07. The second kappa shape index (κ2) is 4.65. The predicted octanol–water partition coefficient (Wildman–Crippen LogP) is 1.98. The van der Waals surface area contributed by atoms with E-state index in [1.165, 1.54) is 19.3 Å². The highest BCUT2D eigenvalue weighted by molar-refractivity contribution is 7.92. The van der Waals surface area contributed by atoms with Crippen LogP contribution < -0.4 is 5.32 Å². The smallest absolute Gasteiger partial charge is 0.156 e. The van der Waals surface area contributed by atoms with Gasteiger partial charge >= 0.3 is 0 Å². The van der Waals surface area contributed by atoms with E-state index in [4.69, 9.17) is 0 Å². The van der Waals surface area contributed by atoms with Gasteiger partial charge in [-0.25, -0.2) is 8.42 Å². The minimum atomic E-state index is -2.97. The Bertz CT molecular complexity index is 323. The molecule has 0 aliphatic heterocycles. The first kappa shape index (κ1) is 14.0. The van der Waals surface area contributed by atoms with Crippen LogP contribution in [-0.4, -0.2) is 32.0 Å². The Morgan fingerprint density at radius 1 is 1.25 bits per heavy atom. The molecular formula is C12H25NO2S. The fourth-order valence-corrected chi connectivity index (χ4v) is 2.89.